The topological polar surface area (TPSA) is 15.3 Å². The molecule has 2 nitrogen and oxygen atoms in total. The molecule has 0 spiro atoms. The van der Waals surface area contributed by atoms with Crippen LogP contribution in [0, 0.1) is 6.92 Å². The van der Waals surface area contributed by atoms with E-state index >= 15 is 0 Å². The van der Waals surface area contributed by atoms with E-state index in [9.17, 15) is 0 Å². The van der Waals surface area contributed by atoms with E-state index in [0.717, 1.165) is 32.6 Å². The number of fused-ring (bicyclic) bond motifs is 1. The number of hydrogen-bond acceptors (Lipinski definition) is 2. The highest BCUT2D eigenvalue weighted by atomic mass is 15.2. The van der Waals surface area contributed by atoms with Crippen LogP contribution in [0.1, 0.15) is 23.1 Å². The van der Waals surface area contributed by atoms with E-state index in [1.54, 1.807) is 0 Å². The molecule has 0 unspecified atom stereocenters. The average Bonchev–Trinajstić information content (AvgIpc) is 2.72. The maximum Gasteiger partial charge on any atom is 0.0441 e. The third-order valence-electron chi connectivity index (χ3n) is 4.25. The van der Waals surface area contributed by atoms with E-state index in [0.29, 0.717) is 0 Å². The van der Waals surface area contributed by atoms with Crippen LogP contribution < -0.4 is 10.2 Å². The van der Waals surface area contributed by atoms with Gasteiger partial charge in [0.05, 0.1) is 0 Å². The molecule has 0 bridgehead atoms. The van der Waals surface area contributed by atoms with Gasteiger partial charge in [0.1, 0.15) is 0 Å². The highest BCUT2D eigenvalue weighted by molar-refractivity contribution is 5.60. The van der Waals surface area contributed by atoms with Crippen molar-refractivity contribution in [2.45, 2.75) is 26.3 Å². The van der Waals surface area contributed by atoms with Crippen molar-refractivity contribution in [3.63, 3.8) is 0 Å². The Bertz CT molecular complexity index is 577. The third-order valence-corrected chi connectivity index (χ3v) is 4.25. The van der Waals surface area contributed by atoms with Gasteiger partial charge >= 0.3 is 0 Å². The second-order valence-corrected chi connectivity index (χ2v) is 5.84. The summed E-state index contributed by atoms with van der Waals surface area (Å²) in [6, 6.07) is 17.5. The minimum absolute atomic E-state index is 0.992. The molecule has 1 aliphatic heterocycles. The van der Waals surface area contributed by atoms with Gasteiger partial charge < -0.3 is 10.2 Å². The predicted octanol–water partition coefficient (Wildman–Crippen LogP) is 3.54. The fraction of sp³-hybridized carbons (Fsp3) is 0.368. The first-order valence-corrected chi connectivity index (χ1v) is 7.92. The third kappa shape index (κ3) is 3.45. The van der Waals surface area contributed by atoms with E-state index in [-0.39, 0.29) is 0 Å². The lowest BCUT2D eigenvalue weighted by molar-refractivity contribution is 0.673. The largest absolute Gasteiger partial charge is 0.370 e. The molecule has 0 saturated heterocycles. The van der Waals surface area contributed by atoms with Crippen LogP contribution >= 0.6 is 0 Å². The lowest BCUT2D eigenvalue weighted by atomic mass is 10.1. The van der Waals surface area contributed by atoms with E-state index in [1.807, 2.05) is 0 Å². The first kappa shape index (κ1) is 14.2. The maximum absolute atomic E-state index is 3.53. The number of hydrogen-bond donors (Lipinski definition) is 1. The summed E-state index contributed by atoms with van der Waals surface area (Å²) < 4.78 is 0. The van der Waals surface area contributed by atoms with Crippen molar-refractivity contribution in [3.8, 4) is 0 Å². The molecule has 2 heteroatoms. The molecule has 21 heavy (non-hydrogen) atoms. The van der Waals surface area contributed by atoms with E-state index in [2.05, 4.69) is 65.7 Å². The molecule has 0 amide bonds. The molecule has 0 saturated carbocycles. The Morgan fingerprint density at radius 3 is 2.76 bits per heavy atom. The number of anilines is 1. The fourth-order valence-corrected chi connectivity index (χ4v) is 3.21. The summed E-state index contributed by atoms with van der Waals surface area (Å²) in [6.07, 6.45) is 2.36. The number of rotatable bonds is 4. The van der Waals surface area contributed by atoms with Crippen LogP contribution in [0.4, 0.5) is 5.69 Å². The Balaban J connectivity index is 1.68. The molecule has 0 aromatic heterocycles. The quantitative estimate of drug-likeness (QED) is 0.921. The molecular weight excluding hydrogens is 256 g/mol. The van der Waals surface area contributed by atoms with Gasteiger partial charge in [-0.2, -0.15) is 0 Å². The number of para-hydroxylation sites is 1. The number of benzene rings is 2. The Kier molecular flexibility index (Phi) is 4.56. The van der Waals surface area contributed by atoms with Crippen molar-refractivity contribution >= 4 is 5.69 Å². The summed E-state index contributed by atoms with van der Waals surface area (Å²) in [5, 5.41) is 3.53. The molecule has 1 N–H and O–H groups in total. The molecular formula is C19H24N2. The van der Waals surface area contributed by atoms with Crippen molar-refractivity contribution in [1.29, 1.82) is 0 Å². The van der Waals surface area contributed by atoms with E-state index in [1.165, 1.54) is 28.8 Å². The Labute approximate surface area is 127 Å². The summed E-state index contributed by atoms with van der Waals surface area (Å²) in [5.41, 5.74) is 5.73. The van der Waals surface area contributed by atoms with Crippen LogP contribution in [0.15, 0.2) is 48.5 Å². The second-order valence-electron chi connectivity index (χ2n) is 5.84. The van der Waals surface area contributed by atoms with Crippen LogP contribution in [0.5, 0.6) is 0 Å². The zero-order valence-electron chi connectivity index (χ0n) is 12.8. The Morgan fingerprint density at radius 2 is 1.90 bits per heavy atom. The molecule has 1 aliphatic rings. The number of aryl methyl sites for hydroxylation is 2. The Morgan fingerprint density at radius 1 is 1.05 bits per heavy atom. The van der Waals surface area contributed by atoms with Gasteiger partial charge in [-0.05, 0) is 36.5 Å². The van der Waals surface area contributed by atoms with Crippen LogP contribution in [0.25, 0.3) is 0 Å². The monoisotopic (exact) mass is 280 g/mol. The van der Waals surface area contributed by atoms with Gasteiger partial charge in [-0.15, -0.1) is 0 Å². The molecule has 0 atom stereocenters. The molecule has 110 valence electrons. The molecule has 1 heterocycles. The summed E-state index contributed by atoms with van der Waals surface area (Å²) in [6.45, 7) is 6.53. The van der Waals surface area contributed by atoms with Crippen molar-refractivity contribution in [1.82, 2.24) is 5.32 Å². The van der Waals surface area contributed by atoms with Gasteiger partial charge in [0.15, 0.2) is 0 Å². The van der Waals surface area contributed by atoms with Crippen LogP contribution in [-0.2, 0) is 13.0 Å². The smallest absolute Gasteiger partial charge is 0.0441 e. The molecule has 2 aromatic carbocycles. The summed E-state index contributed by atoms with van der Waals surface area (Å²) >= 11 is 0. The first-order valence-electron chi connectivity index (χ1n) is 7.92. The molecule has 0 fully saturated rings. The first-order chi connectivity index (χ1) is 10.3. The zero-order chi connectivity index (χ0) is 14.5. The zero-order valence-corrected chi connectivity index (χ0v) is 12.8. The number of nitrogens with zero attached hydrogens (tertiary/aromatic N) is 1. The van der Waals surface area contributed by atoms with Gasteiger partial charge in [0.2, 0.25) is 0 Å². The standard InChI is InChI=1S/C19H24N2/c1-16-7-5-11-18-15-20-12-14-21(19(16)18)13-6-10-17-8-3-2-4-9-17/h2-5,7-9,11,20H,6,10,12-15H2,1H3. The lowest BCUT2D eigenvalue weighted by Gasteiger charge is -2.26. The summed E-state index contributed by atoms with van der Waals surface area (Å²) in [4.78, 5) is 2.56. The van der Waals surface area contributed by atoms with Gasteiger partial charge in [0.25, 0.3) is 0 Å². The summed E-state index contributed by atoms with van der Waals surface area (Å²) in [7, 11) is 0. The average molecular weight is 280 g/mol. The van der Waals surface area contributed by atoms with Crippen LogP contribution in [0.2, 0.25) is 0 Å². The minimum atomic E-state index is 0.992. The van der Waals surface area contributed by atoms with Crippen LogP contribution in [0.3, 0.4) is 0 Å². The highest BCUT2D eigenvalue weighted by Crippen LogP contribution is 2.26. The summed E-state index contributed by atoms with van der Waals surface area (Å²) in [5.74, 6) is 0. The number of nitrogens with one attached hydrogen (secondary N) is 1. The van der Waals surface area contributed by atoms with Crippen molar-refractivity contribution in [2.75, 3.05) is 24.5 Å². The molecule has 0 aliphatic carbocycles. The maximum atomic E-state index is 3.53. The second kappa shape index (κ2) is 6.77. The lowest BCUT2D eigenvalue weighted by Crippen LogP contribution is -2.30. The Hall–Kier alpha value is -1.80. The van der Waals surface area contributed by atoms with Gasteiger partial charge in [-0.25, -0.2) is 0 Å². The highest BCUT2D eigenvalue weighted by Gasteiger charge is 2.16. The van der Waals surface area contributed by atoms with E-state index < -0.39 is 0 Å². The van der Waals surface area contributed by atoms with E-state index in [4.69, 9.17) is 0 Å². The SMILES string of the molecule is Cc1cccc2c1N(CCCc1ccccc1)CCNC2. The van der Waals surface area contributed by atoms with Gasteiger partial charge in [-0.1, -0.05) is 48.5 Å². The molecule has 3 rings (SSSR count). The van der Waals surface area contributed by atoms with Crippen molar-refractivity contribution in [3.05, 3.63) is 65.2 Å². The van der Waals surface area contributed by atoms with Gasteiger partial charge in [0, 0.05) is 31.9 Å². The molecule has 0 radical (unpaired) electrons. The minimum Gasteiger partial charge on any atom is -0.370 e. The fourth-order valence-electron chi connectivity index (χ4n) is 3.21. The van der Waals surface area contributed by atoms with Gasteiger partial charge in [-0.3, -0.25) is 0 Å². The molecule has 2 aromatic rings. The van der Waals surface area contributed by atoms with Crippen LogP contribution in [-0.4, -0.2) is 19.6 Å². The van der Waals surface area contributed by atoms with Crippen molar-refractivity contribution in [2.24, 2.45) is 0 Å². The van der Waals surface area contributed by atoms with Crippen molar-refractivity contribution < 1.29 is 0 Å². The predicted molar refractivity (Wildman–Crippen MR) is 89.9 cm³/mol. The normalized spacial score (nSPS) is 14.6.